The van der Waals surface area contributed by atoms with Crippen LogP contribution >= 0.6 is 0 Å². The molecule has 3 N–H and O–H groups in total. The number of furan rings is 1. The normalized spacial score (nSPS) is 15.9. The van der Waals surface area contributed by atoms with Crippen molar-refractivity contribution in [3.63, 3.8) is 0 Å². The summed E-state index contributed by atoms with van der Waals surface area (Å²) in [5.74, 6) is 2.80. The minimum absolute atomic E-state index is 0.0588. The maximum absolute atomic E-state index is 11.9. The first-order valence-electron chi connectivity index (χ1n) is 11.8. The molecule has 0 aliphatic carbocycles. The van der Waals surface area contributed by atoms with E-state index in [4.69, 9.17) is 18.6 Å². The van der Waals surface area contributed by atoms with Gasteiger partial charge in [-0.05, 0) is 30.4 Å². The number of hydrogen-bond acceptors (Lipinski definition) is 10. The topological polar surface area (TPSA) is 123 Å². The molecule has 11 nitrogen and oxygen atoms in total. The number of amides is 1. The van der Waals surface area contributed by atoms with Gasteiger partial charge in [0.1, 0.15) is 23.9 Å². The molecule has 1 amide bonds. The molecule has 0 unspecified atom stereocenters. The number of likely N-dealkylation sites (tertiary alicyclic amines) is 1. The van der Waals surface area contributed by atoms with Crippen LogP contribution in [0.1, 0.15) is 18.6 Å². The van der Waals surface area contributed by atoms with Crippen LogP contribution in [0, 0.1) is 0 Å². The molecule has 1 fully saturated rings. The van der Waals surface area contributed by atoms with Gasteiger partial charge in [-0.15, -0.1) is 0 Å². The molecule has 4 heterocycles. The first kappa shape index (κ1) is 24.0. The third kappa shape index (κ3) is 5.01. The number of rotatable bonds is 8. The fourth-order valence-corrected chi connectivity index (χ4v) is 4.30. The van der Waals surface area contributed by atoms with E-state index in [2.05, 4.69) is 32.7 Å². The molecule has 11 heteroatoms. The number of allylic oxidation sites excluding steroid dienone is 1. The van der Waals surface area contributed by atoms with Crippen LogP contribution in [0.3, 0.4) is 0 Å². The van der Waals surface area contributed by atoms with E-state index in [9.17, 15) is 4.79 Å². The van der Waals surface area contributed by atoms with Gasteiger partial charge < -0.3 is 28.8 Å². The highest BCUT2D eigenvalue weighted by molar-refractivity contribution is 5.92. The number of aromatic nitrogens is 2. The van der Waals surface area contributed by atoms with Gasteiger partial charge in [-0.25, -0.2) is 9.97 Å². The smallest absolute Gasteiger partial charge is 0.245 e. The number of ether oxygens (including phenoxy) is 3. The van der Waals surface area contributed by atoms with Gasteiger partial charge >= 0.3 is 0 Å². The van der Waals surface area contributed by atoms with Crippen molar-refractivity contribution in [3.8, 4) is 11.5 Å². The summed E-state index contributed by atoms with van der Waals surface area (Å²) >= 11 is 0. The molecule has 0 atom stereocenters. The molecule has 2 aliphatic rings. The van der Waals surface area contributed by atoms with Crippen molar-refractivity contribution in [2.45, 2.75) is 18.9 Å². The van der Waals surface area contributed by atoms with E-state index in [-0.39, 0.29) is 12.0 Å². The number of hydrogen-bond donors (Lipinski definition) is 3. The fourth-order valence-electron chi connectivity index (χ4n) is 4.30. The molecule has 0 spiro atoms. The number of fused-ring (bicyclic) bond motifs is 1. The van der Waals surface area contributed by atoms with Crippen molar-refractivity contribution in [2.24, 2.45) is 0 Å². The Labute approximate surface area is 213 Å². The Morgan fingerprint density at radius 2 is 2.03 bits per heavy atom. The van der Waals surface area contributed by atoms with E-state index in [1.807, 2.05) is 30.3 Å². The Bertz CT molecular complexity index is 1360. The predicted molar refractivity (Wildman–Crippen MR) is 137 cm³/mol. The maximum Gasteiger partial charge on any atom is 0.245 e. The van der Waals surface area contributed by atoms with Crippen molar-refractivity contribution in [3.05, 3.63) is 72.9 Å². The third-order valence-electron chi connectivity index (χ3n) is 6.23. The number of carbonyl (C=O) groups is 1. The minimum atomic E-state index is -0.0593. The van der Waals surface area contributed by atoms with Crippen LogP contribution in [-0.4, -0.2) is 54.2 Å². The number of hydrazine groups is 1. The summed E-state index contributed by atoms with van der Waals surface area (Å²) in [6.07, 6.45) is 7.65. The van der Waals surface area contributed by atoms with Gasteiger partial charge in [-0.2, -0.15) is 0 Å². The lowest BCUT2D eigenvalue weighted by atomic mass is 10.1. The van der Waals surface area contributed by atoms with Gasteiger partial charge in [0.25, 0.3) is 0 Å². The van der Waals surface area contributed by atoms with E-state index in [0.717, 1.165) is 11.1 Å². The summed E-state index contributed by atoms with van der Waals surface area (Å²) in [6, 6.07) is 7.36. The summed E-state index contributed by atoms with van der Waals surface area (Å²) in [5.41, 5.74) is 8.12. The summed E-state index contributed by atoms with van der Waals surface area (Å²) in [6.45, 7) is 4.79. The van der Waals surface area contributed by atoms with E-state index in [0.29, 0.717) is 66.1 Å². The quantitative estimate of drug-likeness (QED) is 0.394. The van der Waals surface area contributed by atoms with Gasteiger partial charge in [0.2, 0.25) is 11.8 Å². The lowest BCUT2D eigenvalue weighted by Gasteiger charge is -2.31. The Kier molecular flexibility index (Phi) is 6.84. The molecule has 192 valence electrons. The monoisotopic (exact) mass is 504 g/mol. The summed E-state index contributed by atoms with van der Waals surface area (Å²) in [5, 5.41) is 4.09. The van der Waals surface area contributed by atoms with Crippen molar-refractivity contribution >= 4 is 28.3 Å². The number of methoxy groups -OCH3 is 2. The first-order valence-corrected chi connectivity index (χ1v) is 11.8. The molecule has 2 aromatic heterocycles. The standard InChI is InChI=1S/C26H28N6O5/c1-4-24(33)32-9-7-16(8-10-32)37-23-12-17-18(14-22(23)34-2)27-15-28-25(17)29-20-13-19(21-6-5-11-36-21)30-31-26(20)35-3/h4-6,11-16,30-31H,1,7-10H2,2-3H3,(H,27,28,29). The van der Waals surface area contributed by atoms with Crippen LogP contribution in [0.25, 0.3) is 16.6 Å². The molecule has 0 saturated carbocycles. The highest BCUT2D eigenvalue weighted by Gasteiger charge is 2.24. The SMILES string of the molecule is C=CC(=O)N1CCC(Oc2cc3c(NC4=C(OC)NNC(c5ccco5)=C4)ncnc3cc2OC)CC1. The van der Waals surface area contributed by atoms with Gasteiger partial charge in [-0.1, -0.05) is 6.58 Å². The van der Waals surface area contributed by atoms with Crippen molar-refractivity contribution < 1.29 is 23.4 Å². The van der Waals surface area contributed by atoms with Crippen molar-refractivity contribution in [1.82, 2.24) is 25.7 Å². The molecular formula is C26H28N6O5. The number of nitrogens with zero attached hydrogens (tertiary/aromatic N) is 3. The molecule has 1 aromatic carbocycles. The molecule has 1 saturated heterocycles. The van der Waals surface area contributed by atoms with Crippen LogP contribution in [0.2, 0.25) is 0 Å². The zero-order chi connectivity index (χ0) is 25.8. The Hall–Kier alpha value is -4.67. The second-order valence-electron chi connectivity index (χ2n) is 8.45. The van der Waals surface area contributed by atoms with E-state index in [1.165, 1.54) is 12.4 Å². The predicted octanol–water partition coefficient (Wildman–Crippen LogP) is 3.16. The second kappa shape index (κ2) is 10.5. The number of anilines is 1. The number of carbonyl (C=O) groups excluding carboxylic acids is 1. The van der Waals surface area contributed by atoms with Crippen molar-refractivity contribution in [1.29, 1.82) is 0 Å². The van der Waals surface area contributed by atoms with Gasteiger partial charge in [0.15, 0.2) is 17.3 Å². The average molecular weight is 505 g/mol. The zero-order valence-corrected chi connectivity index (χ0v) is 20.6. The molecular weight excluding hydrogens is 476 g/mol. The van der Waals surface area contributed by atoms with Crippen LogP contribution in [0.4, 0.5) is 5.82 Å². The lowest BCUT2D eigenvalue weighted by Crippen LogP contribution is -2.41. The van der Waals surface area contributed by atoms with Crippen LogP contribution < -0.4 is 25.6 Å². The number of benzene rings is 1. The Balaban J connectivity index is 1.43. The maximum atomic E-state index is 11.9. The first-order chi connectivity index (χ1) is 18.1. The Morgan fingerprint density at radius 1 is 1.19 bits per heavy atom. The molecule has 0 bridgehead atoms. The number of piperidine rings is 1. The summed E-state index contributed by atoms with van der Waals surface area (Å²) in [4.78, 5) is 22.6. The summed E-state index contributed by atoms with van der Waals surface area (Å²) in [7, 11) is 3.16. The van der Waals surface area contributed by atoms with Crippen LogP contribution in [0.5, 0.6) is 11.5 Å². The van der Waals surface area contributed by atoms with E-state index >= 15 is 0 Å². The van der Waals surface area contributed by atoms with Crippen LogP contribution in [-0.2, 0) is 9.53 Å². The molecule has 5 rings (SSSR count). The highest BCUT2D eigenvalue weighted by Crippen LogP contribution is 2.36. The molecule has 0 radical (unpaired) electrons. The van der Waals surface area contributed by atoms with Crippen LogP contribution in [0.15, 0.2) is 71.6 Å². The third-order valence-corrected chi connectivity index (χ3v) is 6.23. The van der Waals surface area contributed by atoms with E-state index in [1.54, 1.807) is 25.4 Å². The number of nitrogens with one attached hydrogen (secondary N) is 3. The molecule has 37 heavy (non-hydrogen) atoms. The Morgan fingerprint density at radius 3 is 2.73 bits per heavy atom. The minimum Gasteiger partial charge on any atom is -0.493 e. The second-order valence-corrected chi connectivity index (χ2v) is 8.45. The van der Waals surface area contributed by atoms with Crippen molar-refractivity contribution in [2.75, 3.05) is 32.6 Å². The van der Waals surface area contributed by atoms with E-state index < -0.39 is 0 Å². The highest BCUT2D eigenvalue weighted by atomic mass is 16.5. The van der Waals surface area contributed by atoms with Gasteiger partial charge in [0, 0.05) is 37.4 Å². The largest absolute Gasteiger partial charge is 0.493 e. The van der Waals surface area contributed by atoms with Gasteiger partial charge in [-0.3, -0.25) is 15.6 Å². The average Bonchev–Trinajstić information content (AvgIpc) is 3.48. The fraction of sp³-hybridized carbons (Fsp3) is 0.269. The lowest BCUT2D eigenvalue weighted by molar-refractivity contribution is -0.127. The summed E-state index contributed by atoms with van der Waals surface area (Å²) < 4.78 is 22.9. The molecule has 2 aliphatic heterocycles. The zero-order valence-electron chi connectivity index (χ0n) is 20.6. The van der Waals surface area contributed by atoms with Gasteiger partial charge in [0.05, 0.1) is 31.7 Å². The molecule has 3 aromatic rings.